The highest BCUT2D eigenvalue weighted by atomic mass is 32.2. The van der Waals surface area contributed by atoms with E-state index in [1.807, 2.05) is 0 Å². The Kier molecular flexibility index (Phi) is 2.64. The average Bonchev–Trinajstić information content (AvgIpc) is 1.60. The van der Waals surface area contributed by atoms with E-state index in [1.54, 1.807) is 0 Å². The molecular formula is C3HF5OS. The summed E-state index contributed by atoms with van der Waals surface area (Å²) in [5, 5.41) is -4.36. The fourth-order valence-electron chi connectivity index (χ4n) is 0.178. The van der Waals surface area contributed by atoms with Crippen LogP contribution in [-0.2, 0) is 4.79 Å². The highest BCUT2D eigenvalue weighted by Crippen LogP contribution is 2.41. The van der Waals surface area contributed by atoms with Gasteiger partial charge in [0.05, 0.1) is 0 Å². The van der Waals surface area contributed by atoms with Crippen molar-refractivity contribution < 1.29 is 26.7 Å². The molecule has 0 saturated heterocycles. The molecule has 0 rings (SSSR count). The minimum atomic E-state index is -5.08. The lowest BCUT2D eigenvalue weighted by molar-refractivity contribution is -0.120. The van der Waals surface area contributed by atoms with Gasteiger partial charge in [0.1, 0.15) is 0 Å². The highest BCUT2D eigenvalue weighted by molar-refractivity contribution is 8.01. The standard InChI is InChI=1S/C3HF5OS/c4-2(5,1-9)10-3(6,7)8/h1H. The zero-order chi connectivity index (χ0) is 8.41. The maximum absolute atomic E-state index is 11.5. The first-order valence-electron chi connectivity index (χ1n) is 1.88. The van der Waals surface area contributed by atoms with E-state index in [0.717, 1.165) is 0 Å². The van der Waals surface area contributed by atoms with Crippen LogP contribution < -0.4 is 0 Å². The van der Waals surface area contributed by atoms with Crippen molar-refractivity contribution in [2.24, 2.45) is 0 Å². The van der Waals surface area contributed by atoms with Crippen molar-refractivity contribution >= 4 is 18.0 Å². The molecule has 0 aliphatic carbocycles. The molecule has 0 aromatic carbocycles. The van der Waals surface area contributed by atoms with Gasteiger partial charge in [0.15, 0.2) is 6.29 Å². The van der Waals surface area contributed by atoms with Crippen LogP contribution in [0.25, 0.3) is 0 Å². The normalized spacial score (nSPS) is 13.3. The molecule has 0 aromatic rings. The van der Waals surface area contributed by atoms with E-state index >= 15 is 0 Å². The van der Waals surface area contributed by atoms with Gasteiger partial charge in [-0.2, -0.15) is 22.0 Å². The van der Waals surface area contributed by atoms with Crippen LogP contribution in [0.5, 0.6) is 0 Å². The predicted octanol–water partition coefficient (Wildman–Crippen LogP) is 2.03. The zero-order valence-electron chi connectivity index (χ0n) is 4.28. The van der Waals surface area contributed by atoms with Gasteiger partial charge in [-0.1, -0.05) is 0 Å². The van der Waals surface area contributed by atoms with Crippen molar-refractivity contribution in [3.8, 4) is 0 Å². The van der Waals surface area contributed by atoms with Crippen LogP contribution in [0.4, 0.5) is 22.0 Å². The number of aldehydes is 1. The van der Waals surface area contributed by atoms with Crippen molar-refractivity contribution in [2.45, 2.75) is 10.8 Å². The predicted molar refractivity (Wildman–Crippen MR) is 24.7 cm³/mol. The van der Waals surface area contributed by atoms with Crippen molar-refractivity contribution in [3.63, 3.8) is 0 Å². The Morgan fingerprint density at radius 3 is 1.60 bits per heavy atom. The molecule has 0 saturated carbocycles. The second kappa shape index (κ2) is 2.73. The molecule has 0 heterocycles. The van der Waals surface area contributed by atoms with Gasteiger partial charge in [-0.25, -0.2) is 0 Å². The van der Waals surface area contributed by atoms with E-state index in [4.69, 9.17) is 0 Å². The fourth-order valence-corrected chi connectivity index (χ4v) is 0.535. The topological polar surface area (TPSA) is 17.1 Å². The lowest BCUT2D eigenvalue weighted by Gasteiger charge is -2.09. The number of carbonyl (C=O) groups is 1. The maximum atomic E-state index is 11.5. The van der Waals surface area contributed by atoms with E-state index in [2.05, 4.69) is 0 Å². The highest BCUT2D eigenvalue weighted by Gasteiger charge is 2.44. The number of halogens is 5. The van der Waals surface area contributed by atoms with Crippen LogP contribution >= 0.6 is 11.8 Å². The summed E-state index contributed by atoms with van der Waals surface area (Å²) in [4.78, 5) is 9.23. The molecule has 0 spiro atoms. The second-order valence-electron chi connectivity index (χ2n) is 1.23. The van der Waals surface area contributed by atoms with Gasteiger partial charge in [0.2, 0.25) is 0 Å². The van der Waals surface area contributed by atoms with E-state index in [-0.39, 0.29) is 0 Å². The Labute approximate surface area is 56.6 Å². The summed E-state index contributed by atoms with van der Waals surface area (Å²) in [6, 6.07) is 0. The molecule has 0 aliphatic rings. The third-order valence-corrected chi connectivity index (χ3v) is 0.989. The van der Waals surface area contributed by atoms with Crippen LogP contribution in [0.1, 0.15) is 0 Å². The van der Waals surface area contributed by atoms with Crippen molar-refractivity contribution in [3.05, 3.63) is 0 Å². The Morgan fingerprint density at radius 1 is 1.10 bits per heavy atom. The Hall–Kier alpha value is -0.330. The number of alkyl halides is 5. The summed E-state index contributed by atoms with van der Waals surface area (Å²) in [5.74, 6) is 0. The van der Waals surface area contributed by atoms with Crippen molar-refractivity contribution in [1.29, 1.82) is 0 Å². The Bertz CT molecular complexity index is 129. The summed E-state index contributed by atoms with van der Waals surface area (Å²) < 4.78 is 56.2. The second-order valence-corrected chi connectivity index (χ2v) is 2.44. The molecule has 7 heteroatoms. The third-order valence-electron chi connectivity index (χ3n) is 0.389. The average molecular weight is 180 g/mol. The van der Waals surface area contributed by atoms with E-state index in [9.17, 15) is 26.7 Å². The molecule has 1 nitrogen and oxygen atoms in total. The lowest BCUT2D eigenvalue weighted by Crippen LogP contribution is -2.19. The van der Waals surface area contributed by atoms with Crippen LogP contribution in [-0.4, -0.2) is 17.0 Å². The van der Waals surface area contributed by atoms with Crippen molar-refractivity contribution in [1.82, 2.24) is 0 Å². The smallest absolute Gasteiger partial charge is 0.296 e. The molecule has 0 radical (unpaired) electrons. The summed E-state index contributed by atoms with van der Waals surface area (Å²) >= 11 is -1.64. The lowest BCUT2D eigenvalue weighted by atomic mass is 10.8. The summed E-state index contributed by atoms with van der Waals surface area (Å²) in [5.41, 5.74) is -5.08. The fraction of sp³-hybridized carbons (Fsp3) is 0.667. The van der Waals surface area contributed by atoms with Gasteiger partial charge in [-0.15, -0.1) is 0 Å². The third kappa shape index (κ3) is 4.54. The molecule has 0 N–H and O–H groups in total. The van der Waals surface area contributed by atoms with Gasteiger partial charge >= 0.3 is 10.8 Å². The first-order valence-corrected chi connectivity index (χ1v) is 2.69. The molecule has 0 fully saturated rings. The van der Waals surface area contributed by atoms with Crippen molar-refractivity contribution in [2.75, 3.05) is 0 Å². The molecule has 0 unspecified atom stereocenters. The van der Waals surface area contributed by atoms with Gasteiger partial charge in [0, 0.05) is 11.8 Å². The maximum Gasteiger partial charge on any atom is 0.447 e. The minimum Gasteiger partial charge on any atom is -0.296 e. The van der Waals surface area contributed by atoms with Gasteiger partial charge < -0.3 is 0 Å². The summed E-state index contributed by atoms with van der Waals surface area (Å²) in [6.45, 7) is 0. The van der Waals surface area contributed by atoms with E-state index in [0.29, 0.717) is 0 Å². The van der Waals surface area contributed by atoms with Crippen LogP contribution in [0, 0.1) is 0 Å². The molecule has 0 atom stereocenters. The zero-order valence-corrected chi connectivity index (χ0v) is 5.10. The molecule has 10 heavy (non-hydrogen) atoms. The van der Waals surface area contributed by atoms with E-state index in [1.165, 1.54) is 0 Å². The molecule has 0 aromatic heterocycles. The number of rotatable bonds is 2. The summed E-state index contributed by atoms with van der Waals surface area (Å²) in [7, 11) is 0. The van der Waals surface area contributed by atoms with E-state index < -0.39 is 28.8 Å². The van der Waals surface area contributed by atoms with Crippen LogP contribution in [0.15, 0.2) is 0 Å². The summed E-state index contributed by atoms with van der Waals surface area (Å²) in [6.07, 6.45) is -1.05. The first-order chi connectivity index (χ1) is 4.27. The monoisotopic (exact) mass is 180 g/mol. The minimum absolute atomic E-state index is 1.05. The first kappa shape index (κ1) is 9.67. The Morgan fingerprint density at radius 2 is 1.50 bits per heavy atom. The van der Waals surface area contributed by atoms with Gasteiger partial charge in [0.25, 0.3) is 0 Å². The quantitative estimate of drug-likeness (QED) is 0.477. The number of hydrogen-bond donors (Lipinski definition) is 0. The largest absolute Gasteiger partial charge is 0.447 e. The Balaban J connectivity index is 4.01. The SMILES string of the molecule is O=CC(F)(F)SC(F)(F)F. The number of hydrogen-bond acceptors (Lipinski definition) is 2. The van der Waals surface area contributed by atoms with Crippen LogP contribution in [0.2, 0.25) is 0 Å². The molecular weight excluding hydrogens is 179 g/mol. The van der Waals surface area contributed by atoms with Crippen LogP contribution in [0.3, 0.4) is 0 Å². The van der Waals surface area contributed by atoms with Gasteiger partial charge in [-0.3, -0.25) is 4.79 Å². The molecule has 0 bridgehead atoms. The molecule has 60 valence electrons. The van der Waals surface area contributed by atoms with Gasteiger partial charge in [-0.05, 0) is 0 Å². The number of thioether (sulfide) groups is 1. The molecule has 0 aliphatic heterocycles. The number of carbonyl (C=O) groups excluding carboxylic acids is 1. The molecule has 0 amide bonds.